The van der Waals surface area contributed by atoms with Gasteiger partial charge in [0, 0.05) is 6.20 Å². The highest BCUT2D eigenvalue weighted by molar-refractivity contribution is 5.97. The van der Waals surface area contributed by atoms with Crippen LogP contribution >= 0.6 is 0 Å². The van der Waals surface area contributed by atoms with Gasteiger partial charge in [-0.05, 0) is 12.1 Å². The second kappa shape index (κ2) is 4.05. The Labute approximate surface area is 74.7 Å². The van der Waals surface area contributed by atoms with Gasteiger partial charge >= 0.3 is 6.03 Å². The predicted molar refractivity (Wildman–Crippen MR) is 49.1 cm³/mol. The Morgan fingerprint density at radius 1 is 1.46 bits per heavy atom. The third-order valence-corrected chi connectivity index (χ3v) is 1.13. The Bertz CT molecular complexity index is 317. The van der Waals surface area contributed by atoms with Crippen molar-refractivity contribution in [3.8, 4) is 0 Å². The Morgan fingerprint density at radius 2 is 2.23 bits per heavy atom. The van der Waals surface area contributed by atoms with Gasteiger partial charge < -0.3 is 11.5 Å². The van der Waals surface area contributed by atoms with Gasteiger partial charge in [0.1, 0.15) is 5.82 Å². The highest BCUT2D eigenvalue weighted by atomic mass is 16.2. The Hall–Kier alpha value is -2.11. The minimum absolute atomic E-state index is 0.284. The maximum atomic E-state index is 10.9. The van der Waals surface area contributed by atoms with Crippen molar-refractivity contribution in [2.75, 3.05) is 5.32 Å². The first kappa shape index (κ1) is 8.98. The van der Waals surface area contributed by atoms with Crippen LogP contribution in [0.2, 0.25) is 0 Å². The molecule has 5 N–H and O–H groups in total. The van der Waals surface area contributed by atoms with Gasteiger partial charge in [0.25, 0.3) is 0 Å². The van der Waals surface area contributed by atoms with Gasteiger partial charge in [-0.1, -0.05) is 6.07 Å². The number of pyridine rings is 1. The van der Waals surface area contributed by atoms with Crippen molar-refractivity contribution in [2.24, 2.45) is 16.5 Å². The molecule has 0 unspecified atom stereocenters. The van der Waals surface area contributed by atoms with Gasteiger partial charge in [-0.3, -0.25) is 5.32 Å². The monoisotopic (exact) mass is 179 g/mol. The highest BCUT2D eigenvalue weighted by Crippen LogP contribution is 1.99. The van der Waals surface area contributed by atoms with E-state index in [1.807, 2.05) is 0 Å². The fraction of sp³-hybridized carbons (Fsp3) is 0. The summed E-state index contributed by atoms with van der Waals surface area (Å²) < 4.78 is 0. The van der Waals surface area contributed by atoms with Crippen molar-refractivity contribution >= 4 is 17.8 Å². The van der Waals surface area contributed by atoms with Gasteiger partial charge in [0.15, 0.2) is 5.96 Å². The minimum atomic E-state index is -0.640. The molecule has 0 aliphatic carbocycles. The Kier molecular flexibility index (Phi) is 2.80. The van der Waals surface area contributed by atoms with Crippen molar-refractivity contribution < 1.29 is 4.79 Å². The number of nitrogens with two attached hydrogens (primary N) is 2. The molecular weight excluding hydrogens is 170 g/mol. The van der Waals surface area contributed by atoms with E-state index < -0.39 is 6.03 Å². The third-order valence-electron chi connectivity index (χ3n) is 1.13. The predicted octanol–water partition coefficient (Wildman–Crippen LogP) is -0.113. The van der Waals surface area contributed by atoms with Gasteiger partial charge in [-0.25, -0.2) is 9.78 Å². The standard InChI is InChI=1S/C7H9N5O/c8-6(9)12-7(13)11-5-3-1-2-4-10-5/h1-4H,(H5,8,9,10,11,12,13). The summed E-state index contributed by atoms with van der Waals surface area (Å²) in [5.74, 6) is 0.117. The van der Waals surface area contributed by atoms with Crippen LogP contribution in [-0.4, -0.2) is 17.0 Å². The van der Waals surface area contributed by atoms with Crippen LogP contribution < -0.4 is 16.8 Å². The van der Waals surface area contributed by atoms with Crippen LogP contribution in [0.3, 0.4) is 0 Å². The summed E-state index contributed by atoms with van der Waals surface area (Å²) in [4.78, 5) is 18.0. The second-order valence-electron chi connectivity index (χ2n) is 2.18. The number of anilines is 1. The number of nitrogens with zero attached hydrogens (tertiary/aromatic N) is 2. The zero-order valence-electron chi connectivity index (χ0n) is 6.77. The SMILES string of the molecule is NC(N)=NC(=O)Nc1ccccn1. The number of rotatable bonds is 1. The van der Waals surface area contributed by atoms with Crippen molar-refractivity contribution in [1.29, 1.82) is 0 Å². The van der Waals surface area contributed by atoms with Gasteiger partial charge in [-0.15, -0.1) is 0 Å². The molecule has 0 spiro atoms. The van der Waals surface area contributed by atoms with E-state index in [1.54, 1.807) is 24.4 Å². The molecule has 0 aromatic carbocycles. The van der Waals surface area contributed by atoms with Crippen LogP contribution in [0, 0.1) is 0 Å². The molecule has 13 heavy (non-hydrogen) atoms. The number of hydrogen-bond donors (Lipinski definition) is 3. The summed E-state index contributed by atoms with van der Waals surface area (Å²) in [5.41, 5.74) is 9.99. The zero-order valence-corrected chi connectivity index (χ0v) is 6.77. The Morgan fingerprint density at radius 3 is 2.77 bits per heavy atom. The first-order valence-corrected chi connectivity index (χ1v) is 3.50. The fourth-order valence-corrected chi connectivity index (χ4v) is 0.691. The number of aromatic nitrogens is 1. The lowest BCUT2D eigenvalue weighted by molar-refractivity contribution is 0.259. The molecule has 0 bridgehead atoms. The fourth-order valence-electron chi connectivity index (χ4n) is 0.691. The van der Waals surface area contributed by atoms with Gasteiger partial charge in [-0.2, -0.15) is 4.99 Å². The van der Waals surface area contributed by atoms with Gasteiger partial charge in [0.05, 0.1) is 0 Å². The summed E-state index contributed by atoms with van der Waals surface area (Å²) in [7, 11) is 0. The molecule has 6 nitrogen and oxygen atoms in total. The molecule has 1 aromatic rings. The third kappa shape index (κ3) is 3.19. The molecule has 2 amide bonds. The van der Waals surface area contributed by atoms with Crippen LogP contribution in [0.15, 0.2) is 29.4 Å². The maximum Gasteiger partial charge on any atom is 0.349 e. The molecule has 0 saturated heterocycles. The number of amides is 2. The van der Waals surface area contributed by atoms with E-state index in [0.29, 0.717) is 5.82 Å². The molecule has 0 fully saturated rings. The second-order valence-corrected chi connectivity index (χ2v) is 2.18. The van der Waals surface area contributed by atoms with E-state index in [4.69, 9.17) is 11.5 Å². The summed E-state index contributed by atoms with van der Waals surface area (Å²) in [5, 5.41) is 2.38. The van der Waals surface area contributed by atoms with Crippen LogP contribution in [0.25, 0.3) is 0 Å². The van der Waals surface area contributed by atoms with Gasteiger partial charge in [0.2, 0.25) is 0 Å². The van der Waals surface area contributed by atoms with E-state index in [1.165, 1.54) is 0 Å². The lowest BCUT2D eigenvalue weighted by atomic mass is 10.5. The van der Waals surface area contributed by atoms with Crippen LogP contribution in [0.5, 0.6) is 0 Å². The Balaban J connectivity index is 2.61. The van der Waals surface area contributed by atoms with Crippen molar-refractivity contribution in [3.05, 3.63) is 24.4 Å². The topological polar surface area (TPSA) is 106 Å². The molecule has 1 rings (SSSR count). The van der Waals surface area contributed by atoms with Crippen molar-refractivity contribution in [2.45, 2.75) is 0 Å². The molecule has 68 valence electrons. The first-order valence-electron chi connectivity index (χ1n) is 3.50. The number of nitrogens with one attached hydrogen (secondary N) is 1. The van der Waals surface area contributed by atoms with E-state index in [-0.39, 0.29) is 5.96 Å². The van der Waals surface area contributed by atoms with Crippen molar-refractivity contribution in [1.82, 2.24) is 4.98 Å². The van der Waals surface area contributed by atoms with Crippen LogP contribution in [0.1, 0.15) is 0 Å². The average molecular weight is 179 g/mol. The molecular formula is C7H9N5O. The molecule has 1 heterocycles. The summed E-state index contributed by atoms with van der Waals surface area (Å²) in [6, 6.07) is 4.45. The minimum Gasteiger partial charge on any atom is -0.370 e. The molecule has 0 saturated carbocycles. The highest BCUT2D eigenvalue weighted by Gasteiger charge is 1.99. The molecule has 0 aliphatic heterocycles. The summed E-state index contributed by atoms with van der Waals surface area (Å²) in [6.07, 6.45) is 1.55. The number of urea groups is 1. The lowest BCUT2D eigenvalue weighted by Crippen LogP contribution is -2.25. The molecule has 0 aliphatic rings. The maximum absolute atomic E-state index is 10.9. The molecule has 0 radical (unpaired) electrons. The van der Waals surface area contributed by atoms with Crippen molar-refractivity contribution in [3.63, 3.8) is 0 Å². The summed E-state index contributed by atoms with van der Waals surface area (Å²) in [6.45, 7) is 0. The molecule has 1 aromatic heterocycles. The van der Waals surface area contributed by atoms with Crippen LogP contribution in [-0.2, 0) is 0 Å². The van der Waals surface area contributed by atoms with Crippen LogP contribution in [0.4, 0.5) is 10.6 Å². The smallest absolute Gasteiger partial charge is 0.349 e. The first-order chi connectivity index (χ1) is 6.18. The van der Waals surface area contributed by atoms with E-state index in [9.17, 15) is 4.79 Å². The zero-order chi connectivity index (χ0) is 9.68. The quantitative estimate of drug-likeness (QED) is 0.413. The number of aliphatic imine (C=N–C) groups is 1. The van der Waals surface area contributed by atoms with E-state index >= 15 is 0 Å². The largest absolute Gasteiger partial charge is 0.370 e. The number of carbonyl (C=O) groups excluding carboxylic acids is 1. The number of hydrogen-bond acceptors (Lipinski definition) is 2. The number of carbonyl (C=O) groups is 1. The van der Waals surface area contributed by atoms with E-state index in [0.717, 1.165) is 0 Å². The normalized spacial score (nSPS) is 8.92. The number of guanidine groups is 1. The van der Waals surface area contributed by atoms with E-state index in [2.05, 4.69) is 15.3 Å². The molecule has 6 heteroatoms. The summed E-state index contributed by atoms with van der Waals surface area (Å²) >= 11 is 0. The lowest BCUT2D eigenvalue weighted by Gasteiger charge is -1.98. The average Bonchev–Trinajstić information content (AvgIpc) is 2.04. The molecule has 0 atom stereocenters.